The zero-order valence-corrected chi connectivity index (χ0v) is 13.2. The van der Waals surface area contributed by atoms with Gasteiger partial charge >= 0.3 is 0 Å². The summed E-state index contributed by atoms with van der Waals surface area (Å²) in [6.45, 7) is 0. The molecule has 0 spiro atoms. The van der Waals surface area contributed by atoms with Crippen molar-refractivity contribution in [3.05, 3.63) is 59.1 Å². The van der Waals surface area contributed by atoms with Gasteiger partial charge in [-0.25, -0.2) is 0 Å². The van der Waals surface area contributed by atoms with Crippen molar-refractivity contribution >= 4 is 28.9 Å². The number of rotatable bonds is 4. The third-order valence-corrected chi connectivity index (χ3v) is 3.75. The Hall–Kier alpha value is -2.53. The highest BCUT2D eigenvalue weighted by atomic mass is 35.5. The SMILES string of the molecule is COc1ccc(C2=NOC(C(=O)Nc3ccc(Cl)cc3)C2)cc1. The zero-order valence-electron chi connectivity index (χ0n) is 12.5. The van der Waals surface area contributed by atoms with E-state index < -0.39 is 6.10 Å². The van der Waals surface area contributed by atoms with Crippen LogP contribution in [0.4, 0.5) is 5.69 Å². The number of methoxy groups -OCH3 is 1. The van der Waals surface area contributed by atoms with Crippen LogP contribution in [-0.2, 0) is 9.63 Å². The molecule has 0 aliphatic carbocycles. The number of amides is 1. The first-order valence-corrected chi connectivity index (χ1v) is 7.47. The molecule has 0 fully saturated rings. The van der Waals surface area contributed by atoms with Gasteiger partial charge in [0.25, 0.3) is 5.91 Å². The minimum Gasteiger partial charge on any atom is -0.497 e. The minimum atomic E-state index is -0.636. The van der Waals surface area contributed by atoms with Crippen molar-refractivity contribution in [2.24, 2.45) is 5.16 Å². The highest BCUT2D eigenvalue weighted by Gasteiger charge is 2.28. The molecule has 0 radical (unpaired) electrons. The van der Waals surface area contributed by atoms with Crippen LogP contribution in [0.2, 0.25) is 5.02 Å². The van der Waals surface area contributed by atoms with Crippen molar-refractivity contribution in [1.29, 1.82) is 0 Å². The summed E-state index contributed by atoms with van der Waals surface area (Å²) in [4.78, 5) is 17.5. The predicted molar refractivity (Wildman–Crippen MR) is 89.1 cm³/mol. The van der Waals surface area contributed by atoms with Gasteiger partial charge in [0.15, 0.2) is 0 Å². The smallest absolute Gasteiger partial charge is 0.268 e. The molecule has 6 heteroatoms. The van der Waals surface area contributed by atoms with E-state index in [9.17, 15) is 4.79 Å². The fourth-order valence-electron chi connectivity index (χ4n) is 2.23. The summed E-state index contributed by atoms with van der Waals surface area (Å²) in [6, 6.07) is 14.4. The largest absolute Gasteiger partial charge is 0.497 e. The van der Waals surface area contributed by atoms with Crippen LogP contribution in [0.25, 0.3) is 0 Å². The van der Waals surface area contributed by atoms with E-state index in [0.717, 1.165) is 17.0 Å². The van der Waals surface area contributed by atoms with Crippen LogP contribution in [0, 0.1) is 0 Å². The Morgan fingerprint density at radius 3 is 2.57 bits per heavy atom. The van der Waals surface area contributed by atoms with E-state index in [4.69, 9.17) is 21.2 Å². The summed E-state index contributed by atoms with van der Waals surface area (Å²) in [5.74, 6) is 0.532. The highest BCUT2D eigenvalue weighted by molar-refractivity contribution is 6.30. The van der Waals surface area contributed by atoms with E-state index in [0.29, 0.717) is 17.1 Å². The molecule has 3 rings (SSSR count). The number of anilines is 1. The second-order valence-electron chi connectivity index (χ2n) is 5.06. The third kappa shape index (κ3) is 3.63. The fraction of sp³-hybridized carbons (Fsp3) is 0.176. The predicted octanol–water partition coefficient (Wildman–Crippen LogP) is 3.48. The lowest BCUT2D eigenvalue weighted by atomic mass is 10.0. The number of nitrogens with one attached hydrogen (secondary N) is 1. The topological polar surface area (TPSA) is 59.9 Å². The molecule has 0 saturated heterocycles. The number of carbonyl (C=O) groups is 1. The van der Waals surface area contributed by atoms with Gasteiger partial charge in [0.05, 0.1) is 12.8 Å². The molecule has 1 N–H and O–H groups in total. The van der Waals surface area contributed by atoms with Crippen molar-refractivity contribution in [1.82, 2.24) is 0 Å². The Balaban J connectivity index is 1.61. The molecule has 2 aromatic rings. The van der Waals surface area contributed by atoms with E-state index >= 15 is 0 Å². The number of hydrogen-bond acceptors (Lipinski definition) is 4. The summed E-state index contributed by atoms with van der Waals surface area (Å²) in [5, 5.41) is 7.41. The molecule has 23 heavy (non-hydrogen) atoms. The Labute approximate surface area is 138 Å². The van der Waals surface area contributed by atoms with E-state index in [1.54, 1.807) is 31.4 Å². The molecule has 1 unspecified atom stereocenters. The Kier molecular flexibility index (Phi) is 4.48. The maximum atomic E-state index is 12.2. The molecule has 0 bridgehead atoms. The van der Waals surface area contributed by atoms with Crippen LogP contribution in [0.3, 0.4) is 0 Å². The molecule has 1 aliphatic rings. The quantitative estimate of drug-likeness (QED) is 0.933. The zero-order chi connectivity index (χ0) is 16.2. The Bertz CT molecular complexity index is 727. The number of nitrogens with zero attached hydrogens (tertiary/aromatic N) is 1. The van der Waals surface area contributed by atoms with Crippen molar-refractivity contribution in [2.75, 3.05) is 12.4 Å². The number of oxime groups is 1. The standard InChI is InChI=1S/C17H15ClN2O3/c1-22-14-8-2-11(3-9-14)15-10-16(23-20-15)17(21)19-13-6-4-12(18)5-7-13/h2-9,16H,10H2,1H3,(H,19,21). The molecule has 1 heterocycles. The van der Waals surface area contributed by atoms with Crippen LogP contribution < -0.4 is 10.1 Å². The normalized spacial score (nSPS) is 16.4. The van der Waals surface area contributed by atoms with E-state index in [-0.39, 0.29) is 5.91 Å². The minimum absolute atomic E-state index is 0.236. The van der Waals surface area contributed by atoms with E-state index in [1.807, 2.05) is 24.3 Å². The molecular weight excluding hydrogens is 316 g/mol. The van der Waals surface area contributed by atoms with Gasteiger partial charge in [0.1, 0.15) is 5.75 Å². The maximum Gasteiger partial charge on any atom is 0.268 e. The highest BCUT2D eigenvalue weighted by Crippen LogP contribution is 2.21. The molecule has 1 atom stereocenters. The molecule has 5 nitrogen and oxygen atoms in total. The van der Waals surface area contributed by atoms with Gasteiger partial charge in [-0.3, -0.25) is 4.79 Å². The number of hydrogen-bond donors (Lipinski definition) is 1. The van der Waals surface area contributed by atoms with Crippen LogP contribution in [0.5, 0.6) is 5.75 Å². The number of halogens is 1. The first-order chi connectivity index (χ1) is 11.2. The molecule has 0 aromatic heterocycles. The van der Waals surface area contributed by atoms with Gasteiger partial charge in [0, 0.05) is 17.1 Å². The molecule has 1 aliphatic heterocycles. The van der Waals surface area contributed by atoms with Crippen LogP contribution in [0.1, 0.15) is 12.0 Å². The van der Waals surface area contributed by atoms with Gasteiger partial charge in [-0.05, 0) is 54.1 Å². The molecular formula is C17H15ClN2O3. The van der Waals surface area contributed by atoms with Crippen molar-refractivity contribution < 1.29 is 14.4 Å². The summed E-state index contributed by atoms with van der Waals surface area (Å²) >= 11 is 5.82. The molecule has 1 amide bonds. The van der Waals surface area contributed by atoms with Gasteiger partial charge in [0.2, 0.25) is 6.10 Å². The average molecular weight is 331 g/mol. The Morgan fingerprint density at radius 2 is 1.91 bits per heavy atom. The first kappa shape index (κ1) is 15.4. The van der Waals surface area contributed by atoms with Gasteiger partial charge < -0.3 is 14.9 Å². The first-order valence-electron chi connectivity index (χ1n) is 7.09. The van der Waals surface area contributed by atoms with Crippen molar-refractivity contribution in [3.63, 3.8) is 0 Å². The van der Waals surface area contributed by atoms with Gasteiger partial charge in [-0.2, -0.15) is 0 Å². The average Bonchev–Trinajstić information content (AvgIpc) is 3.07. The maximum absolute atomic E-state index is 12.2. The lowest BCUT2D eigenvalue weighted by Crippen LogP contribution is -2.28. The molecule has 2 aromatic carbocycles. The summed E-state index contributed by atoms with van der Waals surface area (Å²) in [7, 11) is 1.61. The summed E-state index contributed by atoms with van der Waals surface area (Å²) in [6.07, 6.45) is -0.214. The van der Waals surface area contributed by atoms with Crippen molar-refractivity contribution in [2.45, 2.75) is 12.5 Å². The van der Waals surface area contributed by atoms with Gasteiger partial charge in [-0.15, -0.1) is 0 Å². The van der Waals surface area contributed by atoms with E-state index in [1.165, 1.54) is 0 Å². The molecule has 0 saturated carbocycles. The van der Waals surface area contributed by atoms with Crippen LogP contribution in [0.15, 0.2) is 53.7 Å². The van der Waals surface area contributed by atoms with Gasteiger partial charge in [-0.1, -0.05) is 16.8 Å². The fourth-order valence-corrected chi connectivity index (χ4v) is 2.35. The Morgan fingerprint density at radius 1 is 1.22 bits per heavy atom. The van der Waals surface area contributed by atoms with Crippen LogP contribution in [-0.4, -0.2) is 24.8 Å². The number of benzene rings is 2. The third-order valence-electron chi connectivity index (χ3n) is 3.50. The number of ether oxygens (including phenoxy) is 1. The summed E-state index contributed by atoms with van der Waals surface area (Å²) in [5.41, 5.74) is 2.32. The lowest BCUT2D eigenvalue weighted by molar-refractivity contribution is -0.125. The van der Waals surface area contributed by atoms with Crippen LogP contribution >= 0.6 is 11.6 Å². The van der Waals surface area contributed by atoms with E-state index in [2.05, 4.69) is 10.5 Å². The summed E-state index contributed by atoms with van der Waals surface area (Å²) < 4.78 is 5.12. The monoisotopic (exact) mass is 330 g/mol. The second kappa shape index (κ2) is 6.71. The lowest BCUT2D eigenvalue weighted by Gasteiger charge is -2.09. The second-order valence-corrected chi connectivity index (χ2v) is 5.50. The van der Waals surface area contributed by atoms with Crippen molar-refractivity contribution in [3.8, 4) is 5.75 Å². The molecule has 118 valence electrons. The number of carbonyl (C=O) groups excluding carboxylic acids is 1.